The van der Waals surface area contributed by atoms with Crippen LogP contribution in [0.4, 0.5) is 0 Å². The van der Waals surface area contributed by atoms with Crippen molar-refractivity contribution in [3.8, 4) is 0 Å². The Morgan fingerprint density at radius 3 is 1.79 bits per heavy atom. The van der Waals surface area contributed by atoms with Gasteiger partial charge in [-0.1, -0.05) is 37.1 Å². The highest BCUT2D eigenvalue weighted by molar-refractivity contribution is 7.80. The van der Waals surface area contributed by atoms with Gasteiger partial charge in [0.1, 0.15) is 97.7 Å². The lowest BCUT2D eigenvalue weighted by Crippen LogP contribution is -2.67. The average molecular weight is 1230 g/mol. The summed E-state index contributed by atoms with van der Waals surface area (Å²) in [5.41, 5.74) is 0.501. The van der Waals surface area contributed by atoms with Gasteiger partial charge < -0.3 is 114 Å². The highest BCUT2D eigenvalue weighted by atomic mass is 32.3. The molecule has 0 radical (unpaired) electrons. The summed E-state index contributed by atoms with van der Waals surface area (Å²) >= 11 is 0. The van der Waals surface area contributed by atoms with Gasteiger partial charge in [0.05, 0.1) is 49.3 Å². The van der Waals surface area contributed by atoms with Crippen LogP contribution in [0.2, 0.25) is 0 Å². The van der Waals surface area contributed by atoms with E-state index in [0.29, 0.717) is 32.1 Å². The molecular formula is C56H92O27S. The van der Waals surface area contributed by atoms with E-state index < -0.39 is 200 Å². The molecule has 9 rings (SSSR count). The lowest BCUT2D eigenvalue weighted by Gasteiger charge is -2.60. The van der Waals surface area contributed by atoms with E-state index in [1.54, 1.807) is 0 Å². The highest BCUT2D eigenvalue weighted by Crippen LogP contribution is 2.67. The van der Waals surface area contributed by atoms with Crippen LogP contribution in [-0.2, 0) is 62.0 Å². The highest BCUT2D eigenvalue weighted by Gasteiger charge is 2.63. The maximum Gasteiger partial charge on any atom is 0.397 e. The second-order valence-electron chi connectivity index (χ2n) is 26.2. The van der Waals surface area contributed by atoms with E-state index >= 15 is 0 Å². The number of hydrogen-bond donors (Lipinski definition) is 14. The quantitative estimate of drug-likeness (QED) is 0.0557. The molecule has 0 bridgehead atoms. The number of aliphatic hydroxyl groups is 13. The van der Waals surface area contributed by atoms with E-state index in [2.05, 4.69) is 26.0 Å². The molecular weight excluding hydrogens is 1140 g/mol. The van der Waals surface area contributed by atoms with Crippen LogP contribution in [0.1, 0.15) is 113 Å². The molecule has 33 atom stereocenters. The molecule has 4 aliphatic carbocycles. The van der Waals surface area contributed by atoms with Crippen LogP contribution in [0.15, 0.2) is 23.3 Å². The van der Waals surface area contributed by atoms with Crippen LogP contribution in [0.5, 0.6) is 0 Å². The topological polar surface area (TPSA) is 419 Å². The van der Waals surface area contributed by atoms with Crippen LogP contribution in [0.3, 0.4) is 0 Å². The zero-order valence-electron chi connectivity index (χ0n) is 48.7. The summed E-state index contributed by atoms with van der Waals surface area (Å²) in [6.07, 6.45) is -33.0. The van der Waals surface area contributed by atoms with Crippen LogP contribution >= 0.6 is 0 Å². The van der Waals surface area contributed by atoms with Gasteiger partial charge >= 0.3 is 10.4 Å². The van der Waals surface area contributed by atoms with Crippen molar-refractivity contribution in [1.82, 2.24) is 0 Å². The van der Waals surface area contributed by atoms with Crippen molar-refractivity contribution in [2.75, 3.05) is 13.2 Å². The van der Waals surface area contributed by atoms with Crippen LogP contribution in [0.25, 0.3) is 0 Å². The Labute approximate surface area is 489 Å². The van der Waals surface area contributed by atoms with Gasteiger partial charge in [-0.05, 0) is 134 Å². The third-order valence-corrected chi connectivity index (χ3v) is 20.8. The van der Waals surface area contributed by atoms with E-state index in [4.69, 9.17) is 51.6 Å². The molecule has 8 fully saturated rings. The van der Waals surface area contributed by atoms with Crippen molar-refractivity contribution >= 4 is 10.4 Å². The van der Waals surface area contributed by atoms with E-state index in [1.165, 1.54) is 31.9 Å². The molecule has 14 N–H and O–H groups in total. The van der Waals surface area contributed by atoms with Gasteiger partial charge in [-0.25, -0.2) is 4.18 Å². The standard InChI is InChI=1S/C56H92O27S/c1-22(2)10-9-15-56(8,69)34-12-11-28-27-19-31(30-18-26(83-84(70,71)72)13-16-54(30,6)29(27)14-17-55(28,34)7)77-51-45(68)46(37(60)25(5)76-51)80-52-47(81-49-43(66)40(63)35(58)23(3)74-49)39(62)33(21-73-52)79-53-48(42(65)38(61)32(20-57)78-53)82-50-44(67)41(64)36(59)24(4)75-50/h10,14,23-28,30-53,57-69H,9,11-13,15-21H2,1-8H3,(H,70,71,72)/t23-,24-,25-,26+,27+,28+,30-,31+,32-,33-,34+,35-,36-,37-,38-,39+,40+,41+,42+,43-,44-,45-,46+,47-,48-,49+,50+,51+,52+,53+,54-,55+,56+/m1/s1. The average Bonchev–Trinajstić information content (AvgIpc) is 1.36. The first-order valence-corrected chi connectivity index (χ1v) is 31.0. The Kier molecular flexibility index (Phi) is 20.7. The van der Waals surface area contributed by atoms with Crippen LogP contribution in [0, 0.1) is 34.5 Å². The Morgan fingerprint density at radius 1 is 0.643 bits per heavy atom. The summed E-state index contributed by atoms with van der Waals surface area (Å²) in [6, 6.07) is 0. The predicted octanol–water partition coefficient (Wildman–Crippen LogP) is -1.94. The van der Waals surface area contributed by atoms with Gasteiger partial charge in [0, 0.05) is 0 Å². The van der Waals surface area contributed by atoms with Crippen molar-refractivity contribution in [2.24, 2.45) is 34.5 Å². The number of aliphatic hydroxyl groups excluding tert-OH is 12. The Bertz CT molecular complexity index is 2400. The van der Waals surface area contributed by atoms with E-state index in [-0.39, 0.29) is 29.6 Å². The van der Waals surface area contributed by atoms with Crippen molar-refractivity contribution in [1.29, 1.82) is 0 Å². The summed E-state index contributed by atoms with van der Waals surface area (Å²) in [5.74, 6) is -0.471. The Hall–Kier alpha value is -1.57. The molecule has 28 heteroatoms. The summed E-state index contributed by atoms with van der Waals surface area (Å²) < 4.78 is 100. The van der Waals surface area contributed by atoms with Crippen LogP contribution < -0.4 is 0 Å². The fraction of sp³-hybridized carbons (Fsp3) is 0.929. The van der Waals surface area contributed by atoms with Crippen molar-refractivity contribution in [3.05, 3.63) is 23.3 Å². The molecule has 0 spiro atoms. The predicted molar refractivity (Wildman–Crippen MR) is 285 cm³/mol. The lowest BCUT2D eigenvalue weighted by atomic mass is 9.47. The smallest absolute Gasteiger partial charge is 0.394 e. The molecule has 27 nitrogen and oxygen atoms in total. The molecule has 3 saturated carbocycles. The number of ether oxygens (including phenoxy) is 10. The van der Waals surface area contributed by atoms with Gasteiger partial charge in [-0.15, -0.1) is 0 Å². The summed E-state index contributed by atoms with van der Waals surface area (Å²) in [7, 11) is -4.86. The van der Waals surface area contributed by atoms with E-state index in [9.17, 15) is 79.4 Å². The van der Waals surface area contributed by atoms with E-state index in [0.717, 1.165) is 19.3 Å². The summed E-state index contributed by atoms with van der Waals surface area (Å²) in [4.78, 5) is 0. The zero-order chi connectivity index (χ0) is 61.4. The van der Waals surface area contributed by atoms with E-state index in [1.807, 2.05) is 20.8 Å². The second kappa shape index (κ2) is 26.0. The normalized spacial score (nSPS) is 51.6. The first kappa shape index (κ1) is 66.8. The summed E-state index contributed by atoms with van der Waals surface area (Å²) in [5, 5.41) is 145. The van der Waals surface area contributed by atoms with Crippen molar-refractivity contribution in [3.63, 3.8) is 0 Å². The number of hydrogen-bond acceptors (Lipinski definition) is 26. The molecule has 0 unspecified atom stereocenters. The third kappa shape index (κ3) is 13.2. The molecule has 84 heavy (non-hydrogen) atoms. The van der Waals surface area contributed by atoms with Crippen molar-refractivity contribution < 1.29 is 131 Å². The SMILES string of the molecule is CC(C)=CCC[C@](C)(O)[C@H]1CC[C@H]2[C@@H]3C[C@H](O[C@@H]4O[C@H](C)[C@@H](O)[C@H](O[C@@H]5OC[C@@H](O[C@@H]6O[C@H](CO)[C@@H](O)[C@H](O)[C@H]6O[C@@H]6O[C@H](C)[C@@H](O)[C@H](O)[C@H]6O)[C@H](O)[C@H]5O[C@@H]5O[C@H](C)[C@@H](O)[C@H](O)[C@H]5O)[C@H]4O)[C@H]4C[C@@H](OS(=O)(=O)O)CC[C@]4(C)C3=CC[C@@]21C. The minimum atomic E-state index is -4.86. The molecule has 9 aliphatic rings. The molecule has 0 aromatic carbocycles. The third-order valence-electron chi connectivity index (χ3n) is 20.3. The largest absolute Gasteiger partial charge is 0.397 e. The molecule has 5 saturated heterocycles. The molecule has 5 aliphatic heterocycles. The van der Waals surface area contributed by atoms with Crippen molar-refractivity contribution in [2.45, 2.75) is 278 Å². The molecule has 0 aromatic rings. The fourth-order valence-electron chi connectivity index (χ4n) is 15.5. The molecule has 0 amide bonds. The molecule has 5 heterocycles. The zero-order valence-corrected chi connectivity index (χ0v) is 49.5. The molecule has 484 valence electrons. The Morgan fingerprint density at radius 2 is 1.20 bits per heavy atom. The van der Waals surface area contributed by atoms with Gasteiger partial charge in [0.15, 0.2) is 31.5 Å². The minimum Gasteiger partial charge on any atom is -0.394 e. The monoisotopic (exact) mass is 1230 g/mol. The number of rotatable bonds is 17. The molecule has 0 aromatic heterocycles. The first-order chi connectivity index (χ1) is 39.3. The Balaban J connectivity index is 0.982. The fourth-order valence-corrected chi connectivity index (χ4v) is 16.1. The van der Waals surface area contributed by atoms with Gasteiger partial charge in [0.2, 0.25) is 0 Å². The first-order valence-electron chi connectivity index (χ1n) is 29.6. The summed E-state index contributed by atoms with van der Waals surface area (Å²) in [6.45, 7) is 13.1. The second-order valence-corrected chi connectivity index (χ2v) is 27.2. The van der Waals surface area contributed by atoms with Gasteiger partial charge in [-0.3, -0.25) is 4.55 Å². The maximum absolute atomic E-state index is 12.4. The van der Waals surface area contributed by atoms with Gasteiger partial charge in [-0.2, -0.15) is 8.42 Å². The lowest BCUT2D eigenvalue weighted by molar-refractivity contribution is -0.398. The number of allylic oxidation sites excluding steroid dienone is 4. The minimum absolute atomic E-state index is 0.0334. The number of fused-ring (bicyclic) bond motifs is 5. The maximum atomic E-state index is 12.4. The van der Waals surface area contributed by atoms with Gasteiger partial charge in [0.25, 0.3) is 0 Å². The van der Waals surface area contributed by atoms with Crippen LogP contribution in [-0.4, -0.2) is 258 Å².